The van der Waals surface area contributed by atoms with Crippen LogP contribution in [0.5, 0.6) is 0 Å². The second-order valence-electron chi connectivity index (χ2n) is 1.42. The molecule has 0 spiro atoms. The van der Waals surface area contributed by atoms with Gasteiger partial charge in [0.2, 0.25) is 0 Å². The first-order valence-electron chi connectivity index (χ1n) is 2.74. The third-order valence-corrected chi connectivity index (χ3v) is 0.606. The van der Waals surface area contributed by atoms with Crippen LogP contribution in [0, 0.1) is 0 Å². The van der Waals surface area contributed by atoms with Gasteiger partial charge >= 0.3 is 12.3 Å². The summed E-state index contributed by atoms with van der Waals surface area (Å²) in [6, 6.07) is 0. The zero-order valence-corrected chi connectivity index (χ0v) is 5.84. The van der Waals surface area contributed by atoms with Crippen molar-refractivity contribution in [2.45, 2.75) is 0 Å². The van der Waals surface area contributed by atoms with Gasteiger partial charge in [-0.2, -0.15) is 0 Å². The van der Waals surface area contributed by atoms with Crippen LogP contribution in [-0.4, -0.2) is 22.5 Å². The molecule has 6 nitrogen and oxygen atoms in total. The van der Waals surface area contributed by atoms with E-state index in [-0.39, 0.29) is 0 Å². The molecule has 0 aliphatic carbocycles. The molecule has 0 rings (SSSR count). The van der Waals surface area contributed by atoms with Crippen LogP contribution in [0.4, 0.5) is 9.59 Å². The third kappa shape index (κ3) is 8.02. The van der Waals surface area contributed by atoms with Gasteiger partial charge in [-0.25, -0.2) is 9.59 Å². The molecule has 0 unspecified atom stereocenters. The molecule has 2 N–H and O–H groups in total. The number of rotatable bonds is 3. The highest BCUT2D eigenvalue weighted by molar-refractivity contribution is 5.58. The number of carbonyl (C=O) groups is 2. The van der Waals surface area contributed by atoms with Gasteiger partial charge in [0.1, 0.15) is 0 Å². The predicted octanol–water partition coefficient (Wildman–Crippen LogP) is 1.40. The Morgan fingerprint density at radius 2 is 1.25 bits per heavy atom. The van der Waals surface area contributed by atoms with Crippen molar-refractivity contribution in [1.82, 2.24) is 0 Å². The molecule has 0 saturated heterocycles. The summed E-state index contributed by atoms with van der Waals surface area (Å²) < 4.78 is 7.86. The third-order valence-electron chi connectivity index (χ3n) is 0.606. The second kappa shape index (κ2) is 5.78. The Labute approximate surface area is 67.3 Å². The van der Waals surface area contributed by atoms with E-state index in [0.29, 0.717) is 0 Å². The molecule has 66 valence electrons. The fourth-order valence-electron chi connectivity index (χ4n) is 0.286. The lowest BCUT2D eigenvalue weighted by Crippen LogP contribution is -1.92. The average Bonchev–Trinajstić information content (AvgIpc) is 1.95. The van der Waals surface area contributed by atoms with Gasteiger partial charge in [0.15, 0.2) is 0 Å². The summed E-state index contributed by atoms with van der Waals surface area (Å²) in [6.45, 7) is 0. The van der Waals surface area contributed by atoms with Crippen LogP contribution >= 0.6 is 0 Å². The zero-order valence-electron chi connectivity index (χ0n) is 5.84. The number of ether oxygens (including phenoxy) is 2. The summed E-state index contributed by atoms with van der Waals surface area (Å²) in [5, 5.41) is 15.9. The van der Waals surface area contributed by atoms with Crippen molar-refractivity contribution >= 4 is 12.3 Å². The average molecular weight is 174 g/mol. The fraction of sp³-hybridized carbons (Fsp3) is 0. The lowest BCUT2D eigenvalue weighted by atomic mass is 10.6. The molecule has 0 amide bonds. The number of carboxylic acid groups (broad SMARTS) is 2. The van der Waals surface area contributed by atoms with Crippen LogP contribution in [0.15, 0.2) is 24.7 Å². The Hall–Kier alpha value is -1.98. The molecule has 0 aliphatic heterocycles. The minimum atomic E-state index is -1.45. The molecule has 0 aromatic heterocycles. The van der Waals surface area contributed by atoms with Gasteiger partial charge in [-0.15, -0.1) is 0 Å². The smallest absolute Gasteiger partial charge is 0.449 e. The summed E-state index contributed by atoms with van der Waals surface area (Å²) in [5.41, 5.74) is 0. The normalized spacial score (nSPS) is 10.3. The van der Waals surface area contributed by atoms with E-state index in [1.165, 1.54) is 0 Å². The highest BCUT2D eigenvalue weighted by atomic mass is 16.7. The predicted molar refractivity (Wildman–Crippen MR) is 36.5 cm³/mol. The van der Waals surface area contributed by atoms with Crippen molar-refractivity contribution in [1.29, 1.82) is 0 Å². The molecule has 6 heteroatoms. The summed E-state index contributed by atoms with van der Waals surface area (Å²) >= 11 is 0. The summed E-state index contributed by atoms with van der Waals surface area (Å²) in [6.07, 6.45) is 1.17. The Balaban J connectivity index is 3.52. The van der Waals surface area contributed by atoms with Gasteiger partial charge in [-0.05, 0) is 12.2 Å². The van der Waals surface area contributed by atoms with Crippen molar-refractivity contribution in [3.8, 4) is 0 Å². The minimum Gasteiger partial charge on any atom is -0.449 e. The summed E-state index contributed by atoms with van der Waals surface area (Å²) in [5.74, 6) is 0. The number of hydrogen-bond acceptors (Lipinski definition) is 4. The van der Waals surface area contributed by atoms with Crippen LogP contribution in [0.3, 0.4) is 0 Å². The molecule has 0 aromatic rings. The maximum atomic E-state index is 9.72. The Bertz CT molecular complexity index is 192. The first kappa shape index (κ1) is 10.0. The SMILES string of the molecule is O=C(O)O/C=C/C=C/OC(=O)O. The standard InChI is InChI=1S/C6H6O6/c7-5(8)11-3-1-2-4-12-6(9)10/h1-4H,(H,7,8)(H,9,10)/b3-1+,4-2+. The Morgan fingerprint density at radius 3 is 1.50 bits per heavy atom. The van der Waals surface area contributed by atoms with Gasteiger partial charge in [0, 0.05) is 0 Å². The molecule has 0 fully saturated rings. The van der Waals surface area contributed by atoms with E-state index in [1.807, 2.05) is 0 Å². The lowest BCUT2D eigenvalue weighted by molar-refractivity contribution is 0.126. The molecule has 0 atom stereocenters. The molecule has 0 aromatic carbocycles. The van der Waals surface area contributed by atoms with E-state index < -0.39 is 12.3 Å². The molecule has 0 heterocycles. The largest absolute Gasteiger partial charge is 0.510 e. The highest BCUT2D eigenvalue weighted by Crippen LogP contribution is 1.83. The van der Waals surface area contributed by atoms with E-state index in [9.17, 15) is 9.59 Å². The Kier molecular flexibility index (Phi) is 4.83. The van der Waals surface area contributed by atoms with Gasteiger partial charge in [0.25, 0.3) is 0 Å². The summed E-state index contributed by atoms with van der Waals surface area (Å²) in [7, 11) is 0. The Morgan fingerprint density at radius 1 is 0.917 bits per heavy atom. The minimum absolute atomic E-state index is 0.865. The lowest BCUT2D eigenvalue weighted by Gasteiger charge is -1.86. The molecular formula is C6H6O6. The molecule has 0 bridgehead atoms. The maximum absolute atomic E-state index is 9.72. The van der Waals surface area contributed by atoms with Crippen LogP contribution in [-0.2, 0) is 9.47 Å². The van der Waals surface area contributed by atoms with Crippen molar-refractivity contribution in [2.24, 2.45) is 0 Å². The number of hydrogen-bond donors (Lipinski definition) is 2. The van der Waals surface area contributed by atoms with Crippen LogP contribution in [0.25, 0.3) is 0 Å². The van der Waals surface area contributed by atoms with Crippen LogP contribution in [0.1, 0.15) is 0 Å². The van der Waals surface area contributed by atoms with Crippen molar-refractivity contribution in [3.05, 3.63) is 24.7 Å². The molecule has 12 heavy (non-hydrogen) atoms. The molecule has 0 aliphatic rings. The van der Waals surface area contributed by atoms with E-state index in [4.69, 9.17) is 10.2 Å². The second-order valence-corrected chi connectivity index (χ2v) is 1.42. The van der Waals surface area contributed by atoms with E-state index in [1.54, 1.807) is 0 Å². The quantitative estimate of drug-likeness (QED) is 0.381. The van der Waals surface area contributed by atoms with Crippen molar-refractivity contribution < 1.29 is 29.3 Å². The van der Waals surface area contributed by atoms with E-state index in [2.05, 4.69) is 9.47 Å². The van der Waals surface area contributed by atoms with Gasteiger partial charge in [-0.3, -0.25) is 0 Å². The maximum Gasteiger partial charge on any atom is 0.510 e. The van der Waals surface area contributed by atoms with Crippen LogP contribution < -0.4 is 0 Å². The molecule has 0 saturated carbocycles. The monoisotopic (exact) mass is 174 g/mol. The summed E-state index contributed by atoms with van der Waals surface area (Å²) in [4.78, 5) is 19.4. The van der Waals surface area contributed by atoms with Crippen molar-refractivity contribution in [3.63, 3.8) is 0 Å². The van der Waals surface area contributed by atoms with Crippen LogP contribution in [0.2, 0.25) is 0 Å². The topological polar surface area (TPSA) is 93.1 Å². The van der Waals surface area contributed by atoms with Gasteiger partial charge in [-0.1, -0.05) is 0 Å². The first-order chi connectivity index (χ1) is 5.63. The van der Waals surface area contributed by atoms with E-state index >= 15 is 0 Å². The molecule has 0 radical (unpaired) electrons. The van der Waals surface area contributed by atoms with Crippen molar-refractivity contribution in [2.75, 3.05) is 0 Å². The van der Waals surface area contributed by atoms with E-state index in [0.717, 1.165) is 24.7 Å². The number of allylic oxidation sites excluding steroid dienone is 2. The first-order valence-corrected chi connectivity index (χ1v) is 2.74. The van der Waals surface area contributed by atoms with Gasteiger partial charge < -0.3 is 19.7 Å². The fourth-order valence-corrected chi connectivity index (χ4v) is 0.286. The zero-order chi connectivity index (χ0) is 9.40. The molecular weight excluding hydrogens is 168 g/mol. The highest BCUT2D eigenvalue weighted by Gasteiger charge is 1.88. The van der Waals surface area contributed by atoms with Gasteiger partial charge in [0.05, 0.1) is 12.5 Å².